The van der Waals surface area contributed by atoms with Crippen LogP contribution in [0.2, 0.25) is 0 Å². The molecule has 0 heterocycles. The summed E-state index contributed by atoms with van der Waals surface area (Å²) in [5, 5.41) is 2.88. The lowest BCUT2D eigenvalue weighted by atomic mass is 9.53. The molecule has 1 aliphatic carbocycles. The molecule has 2 aromatic rings. The van der Waals surface area contributed by atoms with Gasteiger partial charge in [-0.05, 0) is 76.3 Å². The highest BCUT2D eigenvalue weighted by molar-refractivity contribution is 5.71. The lowest BCUT2D eigenvalue weighted by Gasteiger charge is -2.57. The second kappa shape index (κ2) is 12.1. The van der Waals surface area contributed by atoms with Gasteiger partial charge in [0.15, 0.2) is 0 Å². The van der Waals surface area contributed by atoms with Crippen LogP contribution in [0.5, 0.6) is 0 Å². The van der Waals surface area contributed by atoms with Crippen LogP contribution < -0.4 is 5.32 Å². The Bertz CT molecular complexity index is 1220. The fourth-order valence-corrected chi connectivity index (χ4v) is 5.31. The van der Waals surface area contributed by atoms with Gasteiger partial charge in [0.2, 0.25) is 0 Å². The van der Waals surface area contributed by atoms with E-state index in [4.69, 9.17) is 14.2 Å². The van der Waals surface area contributed by atoms with Gasteiger partial charge in [0, 0.05) is 17.4 Å². The topological polar surface area (TPSA) is 73.9 Å². The average Bonchev–Trinajstić information content (AvgIpc) is 2.86. The highest BCUT2D eigenvalue weighted by Crippen LogP contribution is 2.53. The molecule has 1 fully saturated rings. The smallest absolute Gasteiger partial charge is 0.416 e. The van der Waals surface area contributed by atoms with E-state index in [9.17, 15) is 35.9 Å². The maximum absolute atomic E-state index is 13.4. The number of amides is 1. The number of methoxy groups -OCH3 is 1. The molecule has 1 N–H and O–H groups in total. The Morgan fingerprint density at radius 1 is 0.929 bits per heavy atom. The number of carbonyl (C=O) groups is 2. The van der Waals surface area contributed by atoms with Gasteiger partial charge in [0.1, 0.15) is 5.60 Å². The van der Waals surface area contributed by atoms with Gasteiger partial charge in [0.25, 0.3) is 0 Å². The molecule has 12 heteroatoms. The third kappa shape index (κ3) is 8.39. The van der Waals surface area contributed by atoms with Crippen LogP contribution in [0, 0.1) is 0 Å². The first kappa shape index (κ1) is 33.2. The lowest BCUT2D eigenvalue weighted by Crippen LogP contribution is -2.65. The van der Waals surface area contributed by atoms with E-state index in [1.165, 1.54) is 14.0 Å². The van der Waals surface area contributed by atoms with E-state index in [1.807, 2.05) is 12.1 Å². The molecule has 0 radical (unpaired) electrons. The number of rotatable bonds is 9. The Labute approximate surface area is 240 Å². The van der Waals surface area contributed by atoms with Crippen molar-refractivity contribution in [1.82, 2.24) is 5.32 Å². The molecular weight excluding hydrogens is 568 g/mol. The van der Waals surface area contributed by atoms with Crippen molar-refractivity contribution in [3.8, 4) is 0 Å². The van der Waals surface area contributed by atoms with Crippen LogP contribution in [0.4, 0.5) is 31.1 Å². The first-order valence-electron chi connectivity index (χ1n) is 13.3. The molecule has 0 aromatic heterocycles. The van der Waals surface area contributed by atoms with E-state index >= 15 is 0 Å². The second-order valence-electron chi connectivity index (χ2n) is 11.8. The van der Waals surface area contributed by atoms with E-state index in [0.717, 1.165) is 5.56 Å². The van der Waals surface area contributed by atoms with Crippen molar-refractivity contribution >= 4 is 12.1 Å². The number of nitrogens with one attached hydrogen (secondary N) is 1. The number of carbonyl (C=O) groups excluding carboxylic acids is 2. The normalized spacial score (nSPS) is 21.7. The minimum Gasteiger partial charge on any atom is -0.469 e. The molecule has 1 aliphatic rings. The maximum Gasteiger partial charge on any atom is 0.416 e. The summed E-state index contributed by atoms with van der Waals surface area (Å²) in [4.78, 5) is 24.7. The van der Waals surface area contributed by atoms with E-state index in [0.29, 0.717) is 12.1 Å². The zero-order valence-electron chi connectivity index (χ0n) is 24.0. The standard InChI is InChI=1S/C30H35F6NO5/c1-19(20-13-22(29(31,32)33)15-23(14-20)30(34,35)36)41-18-27(21-9-7-6-8-10-21)16-28(17-27,12-11-24(38)40-5)37-25(39)42-26(2,3)4/h6-10,13-15,19H,11-12,16-18H2,1-5H3,(H,37,39). The van der Waals surface area contributed by atoms with Gasteiger partial charge in [-0.15, -0.1) is 0 Å². The van der Waals surface area contributed by atoms with Gasteiger partial charge in [-0.3, -0.25) is 4.79 Å². The van der Waals surface area contributed by atoms with E-state index in [2.05, 4.69) is 5.32 Å². The largest absolute Gasteiger partial charge is 0.469 e. The number of hydrogen-bond donors (Lipinski definition) is 1. The number of ether oxygens (including phenoxy) is 3. The first-order valence-corrected chi connectivity index (χ1v) is 13.3. The number of alkyl carbamates (subject to hydrolysis) is 1. The van der Waals surface area contributed by atoms with Gasteiger partial charge in [-0.2, -0.15) is 26.3 Å². The summed E-state index contributed by atoms with van der Waals surface area (Å²) in [6.45, 7) is 6.42. The summed E-state index contributed by atoms with van der Waals surface area (Å²) in [7, 11) is 1.25. The molecule has 0 spiro atoms. The summed E-state index contributed by atoms with van der Waals surface area (Å²) in [6.07, 6.45) is -11.0. The van der Waals surface area contributed by atoms with Crippen molar-refractivity contribution in [1.29, 1.82) is 0 Å². The maximum atomic E-state index is 13.4. The lowest BCUT2D eigenvalue weighted by molar-refractivity contribution is -0.143. The monoisotopic (exact) mass is 603 g/mol. The molecule has 1 amide bonds. The van der Waals surface area contributed by atoms with Crippen LogP contribution in [0.15, 0.2) is 48.5 Å². The van der Waals surface area contributed by atoms with Crippen molar-refractivity contribution in [2.75, 3.05) is 13.7 Å². The summed E-state index contributed by atoms with van der Waals surface area (Å²) in [5.41, 5.74) is -4.78. The number of esters is 1. The predicted molar refractivity (Wildman–Crippen MR) is 142 cm³/mol. The summed E-state index contributed by atoms with van der Waals surface area (Å²) < 4.78 is 96.7. The molecule has 3 rings (SSSR count). The Hall–Kier alpha value is -3.28. The Morgan fingerprint density at radius 2 is 1.48 bits per heavy atom. The van der Waals surface area contributed by atoms with E-state index in [-0.39, 0.29) is 43.9 Å². The number of hydrogen-bond acceptors (Lipinski definition) is 5. The highest BCUT2D eigenvalue weighted by Gasteiger charge is 2.56. The first-order chi connectivity index (χ1) is 19.3. The highest BCUT2D eigenvalue weighted by atomic mass is 19.4. The van der Waals surface area contributed by atoms with Crippen LogP contribution in [-0.2, 0) is 36.8 Å². The van der Waals surface area contributed by atoms with Crippen LogP contribution in [0.1, 0.15) is 81.7 Å². The molecule has 2 aromatic carbocycles. The van der Waals surface area contributed by atoms with Gasteiger partial charge in [-0.1, -0.05) is 30.3 Å². The fraction of sp³-hybridized carbons (Fsp3) is 0.533. The molecule has 0 aliphatic heterocycles. The molecule has 0 saturated heterocycles. The van der Waals surface area contributed by atoms with E-state index in [1.54, 1.807) is 39.0 Å². The van der Waals surface area contributed by atoms with Crippen molar-refractivity contribution in [2.45, 2.75) is 88.4 Å². The van der Waals surface area contributed by atoms with Crippen molar-refractivity contribution in [3.63, 3.8) is 0 Å². The zero-order chi connectivity index (χ0) is 31.6. The van der Waals surface area contributed by atoms with Gasteiger partial charge in [-0.25, -0.2) is 4.79 Å². The van der Waals surface area contributed by atoms with Crippen molar-refractivity contribution in [2.24, 2.45) is 0 Å². The SMILES string of the molecule is COC(=O)CCC1(NC(=O)OC(C)(C)C)CC(COC(C)c2cc(C(F)(F)F)cc(C(F)(F)F)c2)(c2ccccc2)C1. The second-order valence-corrected chi connectivity index (χ2v) is 11.8. The fourth-order valence-electron chi connectivity index (χ4n) is 5.31. The van der Waals surface area contributed by atoms with Gasteiger partial charge in [0.05, 0.1) is 30.9 Å². The molecular formula is C30H35F6NO5. The predicted octanol–water partition coefficient (Wildman–Crippen LogP) is 7.75. The van der Waals surface area contributed by atoms with Gasteiger partial charge < -0.3 is 19.5 Å². The molecule has 0 bridgehead atoms. The molecule has 1 unspecified atom stereocenters. The average molecular weight is 604 g/mol. The third-order valence-corrected chi connectivity index (χ3v) is 7.23. The minimum absolute atomic E-state index is 0.00111. The number of alkyl halides is 6. The zero-order valence-corrected chi connectivity index (χ0v) is 24.0. The van der Waals surface area contributed by atoms with Crippen molar-refractivity contribution < 1.29 is 50.1 Å². The van der Waals surface area contributed by atoms with Crippen LogP contribution in [0.3, 0.4) is 0 Å². The Balaban J connectivity index is 1.90. The van der Waals surface area contributed by atoms with Crippen LogP contribution in [-0.4, -0.2) is 36.9 Å². The van der Waals surface area contributed by atoms with Crippen LogP contribution >= 0.6 is 0 Å². The third-order valence-electron chi connectivity index (χ3n) is 7.23. The van der Waals surface area contributed by atoms with Crippen molar-refractivity contribution in [3.05, 3.63) is 70.8 Å². The van der Waals surface area contributed by atoms with Crippen LogP contribution in [0.25, 0.3) is 0 Å². The molecule has 42 heavy (non-hydrogen) atoms. The minimum atomic E-state index is -4.98. The quantitative estimate of drug-likeness (QED) is 0.234. The van der Waals surface area contributed by atoms with Gasteiger partial charge >= 0.3 is 24.4 Å². The number of benzene rings is 2. The summed E-state index contributed by atoms with van der Waals surface area (Å²) in [6, 6.07) is 10.4. The van der Waals surface area contributed by atoms with E-state index < -0.39 is 58.2 Å². The Morgan fingerprint density at radius 3 is 1.95 bits per heavy atom. The summed E-state index contributed by atoms with van der Waals surface area (Å²) in [5.74, 6) is -0.479. The molecule has 1 atom stereocenters. The molecule has 6 nitrogen and oxygen atoms in total. The number of halogens is 6. The summed E-state index contributed by atoms with van der Waals surface area (Å²) >= 11 is 0. The Kier molecular flexibility index (Phi) is 9.61. The molecule has 1 saturated carbocycles. The molecule has 232 valence electrons.